The van der Waals surface area contributed by atoms with Crippen molar-refractivity contribution in [1.82, 2.24) is 0 Å². The van der Waals surface area contributed by atoms with Gasteiger partial charge >= 0.3 is 0 Å². The Morgan fingerprint density at radius 1 is 1.53 bits per heavy atom. The fourth-order valence-electron chi connectivity index (χ4n) is 2.83. The van der Waals surface area contributed by atoms with E-state index in [1.807, 2.05) is 0 Å². The second kappa shape index (κ2) is 3.22. The third-order valence-corrected chi connectivity index (χ3v) is 4.30. The zero-order valence-corrected chi connectivity index (χ0v) is 10.1. The summed E-state index contributed by atoms with van der Waals surface area (Å²) >= 11 is 3.48. The highest BCUT2D eigenvalue weighted by Crippen LogP contribution is 2.60. The summed E-state index contributed by atoms with van der Waals surface area (Å²) in [5.74, 6) is 1.72. The number of benzene rings is 1. The fourth-order valence-corrected chi connectivity index (χ4v) is 3.17. The molecule has 2 aliphatic rings. The minimum Gasteiger partial charge on any atom is -0.493 e. The van der Waals surface area contributed by atoms with Crippen LogP contribution in [-0.2, 0) is 5.41 Å². The van der Waals surface area contributed by atoms with Crippen LogP contribution in [0.2, 0.25) is 0 Å². The van der Waals surface area contributed by atoms with Crippen LogP contribution in [0.1, 0.15) is 18.4 Å². The highest BCUT2D eigenvalue weighted by molar-refractivity contribution is 9.10. The summed E-state index contributed by atoms with van der Waals surface area (Å²) in [5.41, 5.74) is 7.49. The molecule has 1 aliphatic heterocycles. The van der Waals surface area contributed by atoms with E-state index in [1.54, 1.807) is 0 Å². The molecule has 1 fully saturated rings. The first-order valence-corrected chi connectivity index (χ1v) is 6.18. The summed E-state index contributed by atoms with van der Waals surface area (Å²) in [4.78, 5) is 0. The van der Waals surface area contributed by atoms with Gasteiger partial charge in [0.1, 0.15) is 5.75 Å². The predicted molar refractivity (Wildman–Crippen MR) is 63.1 cm³/mol. The zero-order chi connectivity index (χ0) is 10.5. The smallest absolute Gasteiger partial charge is 0.124 e. The van der Waals surface area contributed by atoms with Crippen molar-refractivity contribution in [3.05, 3.63) is 28.2 Å². The van der Waals surface area contributed by atoms with Gasteiger partial charge in [-0.15, -0.1) is 0 Å². The molecule has 1 aromatic rings. The molecule has 0 aromatic heterocycles. The fraction of sp³-hybridized carbons (Fsp3) is 0.500. The van der Waals surface area contributed by atoms with Crippen molar-refractivity contribution in [2.75, 3.05) is 13.2 Å². The largest absolute Gasteiger partial charge is 0.493 e. The molecular formula is C12H14BrNO. The molecule has 0 saturated heterocycles. The molecule has 1 aliphatic carbocycles. The van der Waals surface area contributed by atoms with E-state index < -0.39 is 0 Å². The van der Waals surface area contributed by atoms with E-state index in [4.69, 9.17) is 10.5 Å². The predicted octanol–water partition coefficient (Wildman–Crippen LogP) is 2.45. The minimum absolute atomic E-state index is 0.350. The van der Waals surface area contributed by atoms with Crippen molar-refractivity contribution in [2.24, 2.45) is 11.7 Å². The maximum atomic E-state index is 5.78. The van der Waals surface area contributed by atoms with E-state index >= 15 is 0 Å². The molecule has 2 nitrogen and oxygen atoms in total. The van der Waals surface area contributed by atoms with Gasteiger partial charge in [-0.05, 0) is 37.4 Å². The Morgan fingerprint density at radius 3 is 3.13 bits per heavy atom. The second-order valence-electron chi connectivity index (χ2n) is 4.53. The first kappa shape index (κ1) is 9.67. The lowest BCUT2D eigenvalue weighted by Crippen LogP contribution is -2.24. The maximum absolute atomic E-state index is 5.78. The van der Waals surface area contributed by atoms with Crippen molar-refractivity contribution in [3.8, 4) is 5.75 Å². The van der Waals surface area contributed by atoms with Gasteiger partial charge in [-0.25, -0.2) is 0 Å². The number of hydrogen-bond donors (Lipinski definition) is 1. The van der Waals surface area contributed by atoms with Crippen LogP contribution < -0.4 is 10.5 Å². The molecule has 0 radical (unpaired) electrons. The van der Waals surface area contributed by atoms with Crippen LogP contribution in [0.5, 0.6) is 5.75 Å². The second-order valence-corrected chi connectivity index (χ2v) is 5.45. The van der Waals surface area contributed by atoms with Gasteiger partial charge in [0.2, 0.25) is 0 Å². The van der Waals surface area contributed by atoms with Gasteiger partial charge in [-0.3, -0.25) is 0 Å². The van der Waals surface area contributed by atoms with E-state index in [0.29, 0.717) is 11.3 Å². The van der Waals surface area contributed by atoms with Gasteiger partial charge in [0, 0.05) is 15.5 Å². The van der Waals surface area contributed by atoms with Crippen LogP contribution in [0.3, 0.4) is 0 Å². The lowest BCUT2D eigenvalue weighted by Gasteiger charge is -2.27. The monoisotopic (exact) mass is 267 g/mol. The first-order valence-electron chi connectivity index (χ1n) is 5.39. The third-order valence-electron chi connectivity index (χ3n) is 3.80. The van der Waals surface area contributed by atoms with E-state index in [1.165, 1.54) is 12.0 Å². The Kier molecular flexibility index (Phi) is 2.08. The molecule has 2 N–H and O–H groups in total. The highest BCUT2D eigenvalue weighted by atomic mass is 79.9. The molecule has 2 unspecified atom stereocenters. The van der Waals surface area contributed by atoms with Crippen LogP contribution in [-0.4, -0.2) is 13.2 Å². The summed E-state index contributed by atoms with van der Waals surface area (Å²) in [6, 6.07) is 6.36. The number of hydrogen-bond acceptors (Lipinski definition) is 2. The van der Waals surface area contributed by atoms with E-state index in [9.17, 15) is 0 Å². The SMILES string of the molecule is NCC1CC12CCOc1cc(Br)ccc12. The molecular weight excluding hydrogens is 254 g/mol. The van der Waals surface area contributed by atoms with Crippen molar-refractivity contribution in [2.45, 2.75) is 18.3 Å². The molecule has 1 spiro atoms. The molecule has 0 amide bonds. The highest BCUT2D eigenvalue weighted by Gasteiger charge is 2.56. The van der Waals surface area contributed by atoms with Crippen molar-refractivity contribution in [1.29, 1.82) is 0 Å². The molecule has 1 heterocycles. The normalized spacial score (nSPS) is 32.3. The average Bonchev–Trinajstić information content (AvgIpc) is 2.92. The molecule has 3 heteroatoms. The maximum Gasteiger partial charge on any atom is 0.124 e. The van der Waals surface area contributed by atoms with Crippen LogP contribution in [0.15, 0.2) is 22.7 Å². The van der Waals surface area contributed by atoms with E-state index in [-0.39, 0.29) is 0 Å². The molecule has 2 atom stereocenters. The number of fused-ring (bicyclic) bond motifs is 2. The molecule has 1 aromatic carbocycles. The Labute approximate surface area is 97.9 Å². The summed E-state index contributed by atoms with van der Waals surface area (Å²) < 4.78 is 6.79. The van der Waals surface area contributed by atoms with Gasteiger partial charge in [0.25, 0.3) is 0 Å². The topological polar surface area (TPSA) is 35.2 Å². The number of ether oxygens (including phenoxy) is 1. The van der Waals surface area contributed by atoms with Crippen molar-refractivity contribution in [3.63, 3.8) is 0 Å². The third kappa shape index (κ3) is 1.33. The van der Waals surface area contributed by atoms with Gasteiger partial charge in [0.05, 0.1) is 6.61 Å². The molecule has 0 bridgehead atoms. The number of nitrogens with two attached hydrogens (primary N) is 1. The molecule has 1 saturated carbocycles. The quantitative estimate of drug-likeness (QED) is 0.849. The average molecular weight is 268 g/mol. The Hall–Kier alpha value is -0.540. The van der Waals surface area contributed by atoms with Gasteiger partial charge in [-0.2, -0.15) is 0 Å². The van der Waals surface area contributed by atoms with Crippen molar-refractivity contribution < 1.29 is 4.74 Å². The molecule has 80 valence electrons. The first-order chi connectivity index (χ1) is 7.26. The lowest BCUT2D eigenvalue weighted by atomic mass is 9.87. The Balaban J connectivity index is 2.05. The van der Waals surface area contributed by atoms with Gasteiger partial charge < -0.3 is 10.5 Å². The van der Waals surface area contributed by atoms with Crippen LogP contribution >= 0.6 is 15.9 Å². The van der Waals surface area contributed by atoms with Crippen LogP contribution in [0.25, 0.3) is 0 Å². The Bertz CT molecular complexity index is 407. The number of halogens is 1. The summed E-state index contributed by atoms with van der Waals surface area (Å²) in [7, 11) is 0. The van der Waals surface area contributed by atoms with Crippen LogP contribution in [0, 0.1) is 5.92 Å². The standard InChI is InChI=1S/C12H14BrNO/c13-9-1-2-10-11(5-9)15-4-3-12(10)6-8(12)7-14/h1-2,5,8H,3-4,6-7,14H2. The summed E-state index contributed by atoms with van der Waals surface area (Å²) in [5, 5.41) is 0. The summed E-state index contributed by atoms with van der Waals surface area (Å²) in [6.07, 6.45) is 2.37. The Morgan fingerprint density at radius 2 is 2.40 bits per heavy atom. The molecule has 15 heavy (non-hydrogen) atoms. The van der Waals surface area contributed by atoms with E-state index in [0.717, 1.165) is 29.8 Å². The summed E-state index contributed by atoms with van der Waals surface area (Å²) in [6.45, 7) is 1.63. The van der Waals surface area contributed by atoms with Gasteiger partial charge in [0.15, 0.2) is 0 Å². The van der Waals surface area contributed by atoms with E-state index in [2.05, 4.69) is 34.1 Å². The van der Waals surface area contributed by atoms with Crippen molar-refractivity contribution >= 4 is 15.9 Å². The zero-order valence-electron chi connectivity index (χ0n) is 8.50. The van der Waals surface area contributed by atoms with Gasteiger partial charge in [-0.1, -0.05) is 22.0 Å². The minimum atomic E-state index is 0.350. The van der Waals surface area contributed by atoms with Crippen LogP contribution in [0.4, 0.5) is 0 Å². The molecule has 3 rings (SSSR count). The number of rotatable bonds is 1. The lowest BCUT2D eigenvalue weighted by molar-refractivity contribution is 0.254.